The van der Waals surface area contributed by atoms with E-state index >= 15 is 0 Å². The Balaban J connectivity index is 1.85. The standard InChI is InChI=1S/C22H18N2O6/c1-28-16-5-2-13(3-6-16)21(25)17(9-15-10-23-11-24-15)20(22(26)27)14-4-7-18-19(8-14)30-12-29-18/h2-8,10-11H,9,12H2,1H3,(H,23,24)(H,26,27)/b20-17-. The van der Waals surface area contributed by atoms with Crippen molar-refractivity contribution in [1.82, 2.24) is 9.97 Å². The minimum atomic E-state index is -1.22. The molecule has 2 aromatic carbocycles. The van der Waals surface area contributed by atoms with Gasteiger partial charge in [-0.3, -0.25) is 4.79 Å². The topological polar surface area (TPSA) is 111 Å². The smallest absolute Gasteiger partial charge is 0.336 e. The van der Waals surface area contributed by atoms with E-state index in [9.17, 15) is 14.7 Å². The van der Waals surface area contributed by atoms with Crippen LogP contribution < -0.4 is 14.2 Å². The Labute approximate surface area is 171 Å². The molecule has 0 aliphatic carbocycles. The number of nitrogens with one attached hydrogen (secondary N) is 1. The van der Waals surface area contributed by atoms with Gasteiger partial charge in [-0.2, -0.15) is 0 Å². The molecule has 2 heterocycles. The largest absolute Gasteiger partial charge is 0.497 e. The molecule has 2 N–H and O–H groups in total. The quantitative estimate of drug-likeness (QED) is 0.458. The highest BCUT2D eigenvalue weighted by Crippen LogP contribution is 2.36. The van der Waals surface area contributed by atoms with Crippen molar-refractivity contribution < 1.29 is 28.9 Å². The molecule has 3 aromatic rings. The van der Waals surface area contributed by atoms with Crippen molar-refractivity contribution in [2.24, 2.45) is 0 Å². The number of rotatable bonds is 7. The molecular formula is C22H18N2O6. The summed E-state index contributed by atoms with van der Waals surface area (Å²) in [6.07, 6.45) is 3.10. The number of nitrogens with zero attached hydrogens (tertiary/aromatic N) is 1. The van der Waals surface area contributed by atoms with E-state index < -0.39 is 11.8 Å². The summed E-state index contributed by atoms with van der Waals surface area (Å²) in [5.74, 6) is -0.0587. The van der Waals surface area contributed by atoms with Crippen LogP contribution in [0.5, 0.6) is 17.2 Å². The van der Waals surface area contributed by atoms with Gasteiger partial charge in [-0.15, -0.1) is 0 Å². The van der Waals surface area contributed by atoms with E-state index in [1.807, 2.05) is 0 Å². The van der Waals surface area contributed by atoms with Gasteiger partial charge in [0.1, 0.15) is 5.75 Å². The summed E-state index contributed by atoms with van der Waals surface area (Å²) in [5.41, 5.74) is 1.33. The third kappa shape index (κ3) is 3.75. The molecule has 0 fully saturated rings. The van der Waals surface area contributed by atoms with Crippen molar-refractivity contribution in [2.45, 2.75) is 6.42 Å². The summed E-state index contributed by atoms with van der Waals surface area (Å²) in [6.45, 7) is 0.0662. The minimum Gasteiger partial charge on any atom is -0.497 e. The molecule has 1 aliphatic rings. The Bertz CT molecular complexity index is 1120. The van der Waals surface area contributed by atoms with E-state index in [2.05, 4.69) is 9.97 Å². The summed E-state index contributed by atoms with van der Waals surface area (Å²) in [7, 11) is 1.53. The first-order chi connectivity index (χ1) is 14.6. The SMILES string of the molecule is COc1ccc(C(=O)/C(Cc2cnc[nH]2)=C(\C(=O)O)c2ccc3c(c2)OCO3)cc1. The maximum absolute atomic E-state index is 13.4. The van der Waals surface area contributed by atoms with Crippen LogP contribution >= 0.6 is 0 Å². The summed E-state index contributed by atoms with van der Waals surface area (Å²) < 4.78 is 15.8. The van der Waals surface area contributed by atoms with Crippen molar-refractivity contribution in [3.8, 4) is 17.2 Å². The molecule has 8 heteroatoms. The predicted molar refractivity (Wildman–Crippen MR) is 107 cm³/mol. The lowest BCUT2D eigenvalue weighted by Gasteiger charge is -2.13. The first-order valence-electron chi connectivity index (χ1n) is 9.09. The second-order valence-electron chi connectivity index (χ2n) is 6.54. The third-order valence-electron chi connectivity index (χ3n) is 4.73. The number of carboxylic acids is 1. The second kappa shape index (κ2) is 8.12. The number of ketones is 1. The number of carboxylic acid groups (broad SMARTS) is 1. The number of ether oxygens (including phenoxy) is 3. The monoisotopic (exact) mass is 406 g/mol. The molecule has 0 unspecified atom stereocenters. The number of allylic oxidation sites excluding steroid dienone is 1. The summed E-state index contributed by atoms with van der Waals surface area (Å²) in [6, 6.07) is 11.3. The maximum atomic E-state index is 13.4. The number of aliphatic carboxylic acids is 1. The van der Waals surface area contributed by atoms with Gasteiger partial charge in [0.2, 0.25) is 6.79 Å². The van der Waals surface area contributed by atoms with Gasteiger partial charge in [0.25, 0.3) is 0 Å². The Kier molecular flexibility index (Phi) is 5.21. The number of hydrogen-bond acceptors (Lipinski definition) is 6. The summed E-state index contributed by atoms with van der Waals surface area (Å²) >= 11 is 0. The van der Waals surface area contributed by atoms with Crippen LogP contribution in [-0.4, -0.2) is 40.7 Å². The van der Waals surface area contributed by atoms with Crippen molar-refractivity contribution in [3.63, 3.8) is 0 Å². The fourth-order valence-electron chi connectivity index (χ4n) is 3.25. The highest BCUT2D eigenvalue weighted by Gasteiger charge is 2.26. The van der Waals surface area contributed by atoms with Crippen LogP contribution in [0.1, 0.15) is 21.6 Å². The molecule has 8 nitrogen and oxygen atoms in total. The second-order valence-corrected chi connectivity index (χ2v) is 6.54. The average Bonchev–Trinajstić information content (AvgIpc) is 3.44. The van der Waals surface area contributed by atoms with E-state index in [-0.39, 0.29) is 24.4 Å². The van der Waals surface area contributed by atoms with Gasteiger partial charge >= 0.3 is 5.97 Å². The van der Waals surface area contributed by atoms with Gasteiger partial charge in [-0.25, -0.2) is 9.78 Å². The molecule has 0 saturated heterocycles. The fraction of sp³-hybridized carbons (Fsp3) is 0.136. The van der Waals surface area contributed by atoms with Crippen LogP contribution in [0.4, 0.5) is 0 Å². The van der Waals surface area contributed by atoms with Gasteiger partial charge < -0.3 is 24.3 Å². The van der Waals surface area contributed by atoms with Gasteiger partial charge in [0, 0.05) is 29.4 Å². The molecule has 0 spiro atoms. The molecule has 30 heavy (non-hydrogen) atoms. The van der Waals surface area contributed by atoms with Crippen molar-refractivity contribution in [1.29, 1.82) is 0 Å². The summed E-state index contributed by atoms with van der Waals surface area (Å²) in [5, 5.41) is 10.0. The third-order valence-corrected chi connectivity index (χ3v) is 4.73. The van der Waals surface area contributed by atoms with Gasteiger partial charge in [0.15, 0.2) is 17.3 Å². The fourth-order valence-corrected chi connectivity index (χ4v) is 3.25. The molecule has 0 amide bonds. The minimum absolute atomic E-state index is 0.0662. The Hall–Kier alpha value is -4.07. The lowest BCUT2D eigenvalue weighted by Crippen LogP contribution is -2.14. The molecule has 1 aliphatic heterocycles. The van der Waals surface area contributed by atoms with Crippen molar-refractivity contribution >= 4 is 17.3 Å². The Morgan fingerprint density at radius 1 is 1.10 bits per heavy atom. The predicted octanol–water partition coefficient (Wildman–Crippen LogP) is 3.11. The molecule has 0 radical (unpaired) electrons. The van der Waals surface area contributed by atoms with Gasteiger partial charge in [-0.1, -0.05) is 6.07 Å². The molecule has 0 bridgehead atoms. The molecule has 0 saturated carbocycles. The Morgan fingerprint density at radius 3 is 2.50 bits per heavy atom. The number of aromatic amines is 1. The highest BCUT2D eigenvalue weighted by molar-refractivity contribution is 6.26. The van der Waals surface area contributed by atoms with Crippen LogP contribution in [0.15, 0.2) is 60.6 Å². The van der Waals surface area contributed by atoms with Crippen LogP contribution in [0.2, 0.25) is 0 Å². The number of hydrogen-bond donors (Lipinski definition) is 2. The number of benzene rings is 2. The number of H-pyrrole nitrogens is 1. The van der Waals surface area contributed by atoms with E-state index in [4.69, 9.17) is 14.2 Å². The number of aromatic nitrogens is 2. The molecule has 152 valence electrons. The van der Waals surface area contributed by atoms with Crippen LogP contribution in [-0.2, 0) is 11.2 Å². The highest BCUT2D eigenvalue weighted by atomic mass is 16.7. The molecular weight excluding hydrogens is 388 g/mol. The van der Waals surface area contributed by atoms with E-state index in [0.29, 0.717) is 34.1 Å². The van der Waals surface area contributed by atoms with Gasteiger partial charge in [-0.05, 0) is 42.0 Å². The van der Waals surface area contributed by atoms with E-state index in [1.165, 1.54) is 13.4 Å². The zero-order valence-electron chi connectivity index (χ0n) is 16.0. The molecule has 0 atom stereocenters. The maximum Gasteiger partial charge on any atom is 0.336 e. The van der Waals surface area contributed by atoms with Crippen LogP contribution in [0.3, 0.4) is 0 Å². The first kappa shape index (κ1) is 19.3. The molecule has 4 rings (SSSR count). The number of carbonyl (C=O) groups is 2. The number of Topliss-reactive ketones (excluding diaryl/α,β-unsaturated/α-hetero) is 1. The van der Waals surface area contributed by atoms with Crippen LogP contribution in [0.25, 0.3) is 5.57 Å². The number of imidazole rings is 1. The number of fused-ring (bicyclic) bond motifs is 1. The van der Waals surface area contributed by atoms with Gasteiger partial charge in [0.05, 0.1) is 19.0 Å². The summed E-state index contributed by atoms with van der Waals surface area (Å²) in [4.78, 5) is 32.5. The normalized spacial score (nSPS) is 13.0. The number of methoxy groups -OCH3 is 1. The lowest BCUT2D eigenvalue weighted by atomic mass is 9.90. The van der Waals surface area contributed by atoms with Crippen LogP contribution in [0, 0.1) is 0 Å². The van der Waals surface area contributed by atoms with Crippen molar-refractivity contribution in [3.05, 3.63) is 77.4 Å². The number of carbonyl (C=O) groups excluding carboxylic acids is 1. The van der Waals surface area contributed by atoms with E-state index in [1.54, 1.807) is 48.7 Å². The Morgan fingerprint density at radius 2 is 1.83 bits per heavy atom. The zero-order valence-corrected chi connectivity index (χ0v) is 16.0. The van der Waals surface area contributed by atoms with E-state index in [0.717, 1.165) is 0 Å². The molecule has 1 aromatic heterocycles. The average molecular weight is 406 g/mol. The lowest BCUT2D eigenvalue weighted by molar-refractivity contribution is -0.130. The van der Waals surface area contributed by atoms with Crippen molar-refractivity contribution in [2.75, 3.05) is 13.9 Å². The zero-order chi connectivity index (χ0) is 21.1. The first-order valence-corrected chi connectivity index (χ1v) is 9.09.